The summed E-state index contributed by atoms with van der Waals surface area (Å²) in [6, 6.07) is 8.85. The Labute approximate surface area is 120 Å². The van der Waals surface area contributed by atoms with Crippen LogP contribution in [-0.2, 0) is 26.4 Å². The van der Waals surface area contributed by atoms with Crippen LogP contribution < -0.4 is 0 Å². The molecule has 1 aromatic rings. The van der Waals surface area contributed by atoms with Crippen molar-refractivity contribution in [3.8, 4) is 0 Å². The summed E-state index contributed by atoms with van der Waals surface area (Å²) in [7, 11) is 0. The first kappa shape index (κ1) is 12.1. The molecule has 0 nitrogen and oxygen atoms in total. The third-order valence-electron chi connectivity index (χ3n) is 3.61. The van der Waals surface area contributed by atoms with Crippen LogP contribution in [0.15, 0.2) is 64.5 Å². The Hall–Kier alpha value is -0.937. The van der Waals surface area contributed by atoms with E-state index in [0.717, 1.165) is 6.42 Å². The Morgan fingerprint density at radius 2 is 2.22 bits per heavy atom. The van der Waals surface area contributed by atoms with E-state index < -0.39 is 23.2 Å². The van der Waals surface area contributed by atoms with E-state index in [1.54, 1.807) is 3.28 Å². The van der Waals surface area contributed by atoms with Gasteiger partial charge in [0.1, 0.15) is 0 Å². The molecule has 0 N–H and O–H groups in total. The van der Waals surface area contributed by atoms with Gasteiger partial charge in [0.2, 0.25) is 0 Å². The third-order valence-corrected chi connectivity index (χ3v) is 7.98. The van der Waals surface area contributed by atoms with Crippen molar-refractivity contribution >= 4 is 6.08 Å². The van der Waals surface area contributed by atoms with Crippen LogP contribution >= 0.6 is 0 Å². The fourth-order valence-corrected chi connectivity index (χ4v) is 7.06. The molecular weight excluding hydrogens is 295 g/mol. The van der Waals surface area contributed by atoms with Crippen molar-refractivity contribution in [3.63, 3.8) is 0 Å². The van der Waals surface area contributed by atoms with Gasteiger partial charge in [0.05, 0.1) is 0 Å². The van der Waals surface area contributed by atoms with E-state index in [1.807, 2.05) is 0 Å². The first-order valence-corrected chi connectivity index (χ1v) is 8.83. The molecule has 1 unspecified atom stereocenters. The first-order chi connectivity index (χ1) is 8.84. The summed E-state index contributed by atoms with van der Waals surface area (Å²) in [4.78, 5) is 0. The Morgan fingerprint density at radius 3 is 3.00 bits per heavy atom. The minimum atomic E-state index is -0.643. The van der Waals surface area contributed by atoms with Crippen molar-refractivity contribution in [1.29, 1.82) is 0 Å². The summed E-state index contributed by atoms with van der Waals surface area (Å²) >= 11 is -0.643. The Morgan fingerprint density at radius 1 is 1.33 bits per heavy atom. The van der Waals surface area contributed by atoms with Gasteiger partial charge >= 0.3 is 121 Å². The molecular formula is C17H16Zr. The van der Waals surface area contributed by atoms with E-state index in [2.05, 4.69) is 67.3 Å². The van der Waals surface area contributed by atoms with Gasteiger partial charge in [0.15, 0.2) is 0 Å². The normalized spacial score (nSPS) is 23.9. The Bertz CT molecular complexity index is 563. The van der Waals surface area contributed by atoms with Gasteiger partial charge < -0.3 is 0 Å². The number of benzene rings is 1. The summed E-state index contributed by atoms with van der Waals surface area (Å²) in [6.07, 6.45) is 15.9. The van der Waals surface area contributed by atoms with Crippen LogP contribution in [0.3, 0.4) is 0 Å². The second-order valence-corrected chi connectivity index (χ2v) is 9.22. The minimum absolute atomic E-state index is 0.305. The number of fused-ring (bicyclic) bond motifs is 1. The van der Waals surface area contributed by atoms with E-state index in [1.165, 1.54) is 17.5 Å². The zero-order valence-electron chi connectivity index (χ0n) is 10.4. The molecule has 1 heteroatoms. The fourth-order valence-electron chi connectivity index (χ4n) is 2.76. The maximum atomic E-state index is 3.97. The van der Waals surface area contributed by atoms with Crippen molar-refractivity contribution in [2.24, 2.45) is 0 Å². The molecule has 0 heterocycles. The van der Waals surface area contributed by atoms with Gasteiger partial charge in [-0.3, -0.25) is 0 Å². The molecule has 0 saturated heterocycles. The summed E-state index contributed by atoms with van der Waals surface area (Å²) in [6.45, 7) is 3.97. The molecule has 2 aliphatic rings. The molecule has 3 rings (SSSR count). The Balaban J connectivity index is 1.98. The molecule has 0 bridgehead atoms. The SMILES string of the molecule is C=CC[C]1([Zr][C]2=CC=CC2)C=Cc2ccccc21. The molecule has 2 aliphatic carbocycles. The molecule has 0 saturated carbocycles. The number of hydrogen-bond donors (Lipinski definition) is 0. The second kappa shape index (κ2) is 4.98. The van der Waals surface area contributed by atoms with Gasteiger partial charge in [0, 0.05) is 0 Å². The molecule has 0 aromatic heterocycles. The van der Waals surface area contributed by atoms with Crippen molar-refractivity contribution in [2.45, 2.75) is 16.0 Å². The van der Waals surface area contributed by atoms with Crippen molar-refractivity contribution < 1.29 is 23.2 Å². The van der Waals surface area contributed by atoms with Gasteiger partial charge in [0.25, 0.3) is 0 Å². The molecule has 18 heavy (non-hydrogen) atoms. The summed E-state index contributed by atoms with van der Waals surface area (Å²) < 4.78 is 2.00. The molecule has 0 radical (unpaired) electrons. The van der Waals surface area contributed by atoms with Gasteiger partial charge in [-0.25, -0.2) is 0 Å². The summed E-state index contributed by atoms with van der Waals surface area (Å²) in [5, 5.41) is 0. The fraction of sp³-hybridized carbons (Fsp3) is 0.176. The molecule has 0 spiro atoms. The van der Waals surface area contributed by atoms with Crippen molar-refractivity contribution in [3.05, 3.63) is 75.6 Å². The second-order valence-electron chi connectivity index (χ2n) is 4.83. The quantitative estimate of drug-likeness (QED) is 0.723. The Kier molecular flexibility index (Phi) is 3.35. The van der Waals surface area contributed by atoms with E-state index in [9.17, 15) is 0 Å². The third kappa shape index (κ3) is 2.06. The topological polar surface area (TPSA) is 0 Å². The van der Waals surface area contributed by atoms with E-state index in [-0.39, 0.29) is 0 Å². The van der Waals surface area contributed by atoms with Gasteiger partial charge in [-0.2, -0.15) is 0 Å². The van der Waals surface area contributed by atoms with Crippen LogP contribution in [0, 0.1) is 0 Å². The van der Waals surface area contributed by atoms with Crippen molar-refractivity contribution in [1.82, 2.24) is 0 Å². The van der Waals surface area contributed by atoms with Gasteiger partial charge in [-0.15, -0.1) is 0 Å². The number of hydrogen-bond acceptors (Lipinski definition) is 0. The first-order valence-electron chi connectivity index (χ1n) is 6.38. The summed E-state index contributed by atoms with van der Waals surface area (Å²) in [5.41, 5.74) is 2.94. The average Bonchev–Trinajstić information content (AvgIpc) is 3.00. The molecule has 0 amide bonds. The average molecular weight is 312 g/mol. The molecule has 0 aliphatic heterocycles. The van der Waals surface area contributed by atoms with Crippen LogP contribution in [0.1, 0.15) is 24.0 Å². The zero-order valence-corrected chi connectivity index (χ0v) is 12.9. The van der Waals surface area contributed by atoms with E-state index >= 15 is 0 Å². The van der Waals surface area contributed by atoms with Crippen LogP contribution in [-0.4, -0.2) is 0 Å². The number of allylic oxidation sites excluding steroid dienone is 6. The van der Waals surface area contributed by atoms with Gasteiger partial charge in [-0.05, 0) is 0 Å². The van der Waals surface area contributed by atoms with Crippen LogP contribution in [0.2, 0.25) is 0 Å². The number of rotatable bonds is 4. The molecule has 1 aromatic carbocycles. The van der Waals surface area contributed by atoms with Crippen molar-refractivity contribution in [2.75, 3.05) is 0 Å². The van der Waals surface area contributed by atoms with E-state index in [0.29, 0.717) is 3.12 Å². The predicted octanol–water partition coefficient (Wildman–Crippen LogP) is 4.41. The summed E-state index contributed by atoms with van der Waals surface area (Å²) in [5.74, 6) is 0. The standard InChI is InChI=1S/C12H11.C5H5.Zr/c1-2-5-10-8-9-11-6-3-4-7-12(10)11;1-2-4-5-3-1;/h2-4,6-9H,1,5H2;1-3H,4H2;. The van der Waals surface area contributed by atoms with Crippen LogP contribution in [0.4, 0.5) is 0 Å². The monoisotopic (exact) mass is 310 g/mol. The van der Waals surface area contributed by atoms with Crippen LogP contribution in [0.25, 0.3) is 6.08 Å². The predicted molar refractivity (Wildman–Crippen MR) is 73.8 cm³/mol. The van der Waals surface area contributed by atoms with Gasteiger partial charge in [-0.1, -0.05) is 0 Å². The zero-order chi connectivity index (χ0) is 12.4. The van der Waals surface area contributed by atoms with Crippen LogP contribution in [0.5, 0.6) is 0 Å². The maximum absolute atomic E-state index is 3.97. The molecule has 0 fully saturated rings. The molecule has 88 valence electrons. The van der Waals surface area contributed by atoms with E-state index in [4.69, 9.17) is 0 Å². The molecule has 1 atom stereocenters.